The lowest BCUT2D eigenvalue weighted by Crippen LogP contribution is -2.65. The molecule has 192 valence electrons. The third kappa shape index (κ3) is 4.42. The Morgan fingerprint density at radius 2 is 1.94 bits per heavy atom. The molecule has 0 radical (unpaired) electrons. The third-order valence-corrected chi connectivity index (χ3v) is 8.06. The Labute approximate surface area is 211 Å². The average molecular weight is 495 g/mol. The summed E-state index contributed by atoms with van der Waals surface area (Å²) in [7, 11) is 0. The number of allylic oxidation sites excluding steroid dienone is 1. The summed E-state index contributed by atoms with van der Waals surface area (Å²) in [5, 5.41) is 6.45. The number of carbonyl (C=O) groups is 3. The SMILES string of the molecule is CC(=O)Nc1c2n(c3ccc(F)cc13)C[C@](C)(C(=O)NC1CCCC1)N(CCC1=CCCCC1)C2=O. The van der Waals surface area contributed by atoms with Gasteiger partial charge in [-0.15, -0.1) is 0 Å². The average Bonchev–Trinajstić information content (AvgIpc) is 3.45. The zero-order valence-electron chi connectivity index (χ0n) is 21.2. The van der Waals surface area contributed by atoms with Gasteiger partial charge in [0.15, 0.2) is 0 Å². The predicted octanol–water partition coefficient (Wildman–Crippen LogP) is 4.90. The highest BCUT2D eigenvalue weighted by Gasteiger charge is 2.49. The normalized spacial score (nSPS) is 22.5. The van der Waals surface area contributed by atoms with Gasteiger partial charge in [0.1, 0.15) is 17.1 Å². The molecule has 7 nitrogen and oxygen atoms in total. The molecule has 0 unspecified atom stereocenters. The molecule has 0 saturated heterocycles. The Hall–Kier alpha value is -3.16. The van der Waals surface area contributed by atoms with Gasteiger partial charge in [-0.25, -0.2) is 4.39 Å². The minimum absolute atomic E-state index is 0.124. The van der Waals surface area contributed by atoms with Gasteiger partial charge in [-0.3, -0.25) is 14.4 Å². The van der Waals surface area contributed by atoms with Crippen molar-refractivity contribution in [3.05, 3.63) is 41.4 Å². The number of halogens is 1. The Kier molecular flexibility index (Phi) is 6.62. The molecule has 2 aromatic rings. The van der Waals surface area contributed by atoms with E-state index in [1.165, 1.54) is 31.1 Å². The van der Waals surface area contributed by atoms with Crippen molar-refractivity contribution >= 4 is 34.3 Å². The maximum absolute atomic E-state index is 14.2. The highest BCUT2D eigenvalue weighted by atomic mass is 19.1. The van der Waals surface area contributed by atoms with Crippen LogP contribution in [0.4, 0.5) is 10.1 Å². The lowest BCUT2D eigenvalue weighted by molar-refractivity contribution is -0.133. The third-order valence-electron chi connectivity index (χ3n) is 8.06. The Morgan fingerprint density at radius 1 is 1.17 bits per heavy atom. The van der Waals surface area contributed by atoms with Crippen molar-refractivity contribution in [2.45, 2.75) is 89.8 Å². The molecule has 1 aromatic heterocycles. The quantitative estimate of drug-likeness (QED) is 0.560. The van der Waals surface area contributed by atoms with Crippen molar-refractivity contribution in [2.24, 2.45) is 0 Å². The van der Waals surface area contributed by atoms with E-state index in [0.717, 1.165) is 44.9 Å². The number of nitrogens with zero attached hydrogens (tertiary/aromatic N) is 2. The fourth-order valence-electron chi connectivity index (χ4n) is 6.10. The van der Waals surface area contributed by atoms with Crippen LogP contribution in [0.1, 0.15) is 82.1 Å². The highest BCUT2D eigenvalue weighted by molar-refractivity contribution is 6.14. The van der Waals surface area contributed by atoms with Crippen LogP contribution in [0.25, 0.3) is 10.9 Å². The van der Waals surface area contributed by atoms with Crippen LogP contribution in [0.2, 0.25) is 0 Å². The van der Waals surface area contributed by atoms with Gasteiger partial charge in [-0.2, -0.15) is 0 Å². The van der Waals surface area contributed by atoms with Gasteiger partial charge in [-0.1, -0.05) is 24.5 Å². The van der Waals surface area contributed by atoms with Gasteiger partial charge in [0.2, 0.25) is 11.8 Å². The molecule has 1 aliphatic heterocycles. The summed E-state index contributed by atoms with van der Waals surface area (Å²) in [6.45, 7) is 3.85. The summed E-state index contributed by atoms with van der Waals surface area (Å²) >= 11 is 0. The lowest BCUT2D eigenvalue weighted by atomic mass is 9.92. The van der Waals surface area contributed by atoms with Crippen LogP contribution in [0.3, 0.4) is 0 Å². The summed E-state index contributed by atoms with van der Waals surface area (Å²) < 4.78 is 16.0. The van der Waals surface area contributed by atoms with E-state index in [2.05, 4.69) is 16.7 Å². The van der Waals surface area contributed by atoms with Crippen molar-refractivity contribution in [2.75, 3.05) is 11.9 Å². The van der Waals surface area contributed by atoms with Gasteiger partial charge in [-0.05, 0) is 70.1 Å². The molecule has 2 aliphatic carbocycles. The molecule has 8 heteroatoms. The number of hydrogen-bond acceptors (Lipinski definition) is 3. The molecule has 3 aliphatic rings. The minimum atomic E-state index is -1.12. The second kappa shape index (κ2) is 9.71. The van der Waals surface area contributed by atoms with Gasteiger partial charge >= 0.3 is 0 Å². The number of hydrogen-bond donors (Lipinski definition) is 2. The van der Waals surface area contributed by atoms with Crippen LogP contribution in [-0.2, 0) is 16.1 Å². The number of rotatable bonds is 6. The molecule has 1 fully saturated rings. The molecule has 1 saturated carbocycles. The largest absolute Gasteiger partial charge is 0.351 e. The van der Waals surface area contributed by atoms with Crippen LogP contribution >= 0.6 is 0 Å². The van der Waals surface area contributed by atoms with Crippen LogP contribution in [0.5, 0.6) is 0 Å². The van der Waals surface area contributed by atoms with E-state index < -0.39 is 11.4 Å². The van der Waals surface area contributed by atoms with Crippen molar-refractivity contribution in [1.82, 2.24) is 14.8 Å². The van der Waals surface area contributed by atoms with Crippen LogP contribution < -0.4 is 10.6 Å². The first-order valence-corrected chi connectivity index (χ1v) is 13.2. The molecular weight excluding hydrogens is 459 g/mol. The van der Waals surface area contributed by atoms with E-state index in [1.54, 1.807) is 15.5 Å². The number of amides is 3. The number of carbonyl (C=O) groups excluding carboxylic acids is 3. The first kappa shape index (κ1) is 24.5. The molecule has 1 atom stereocenters. The van der Waals surface area contributed by atoms with Crippen molar-refractivity contribution in [3.8, 4) is 0 Å². The van der Waals surface area contributed by atoms with E-state index in [1.807, 2.05) is 6.92 Å². The van der Waals surface area contributed by atoms with E-state index in [0.29, 0.717) is 35.2 Å². The summed E-state index contributed by atoms with van der Waals surface area (Å²) in [6.07, 6.45) is 11.5. The van der Waals surface area contributed by atoms with Gasteiger partial charge < -0.3 is 20.1 Å². The van der Waals surface area contributed by atoms with E-state index >= 15 is 0 Å². The van der Waals surface area contributed by atoms with E-state index in [9.17, 15) is 18.8 Å². The first-order valence-electron chi connectivity index (χ1n) is 13.2. The topological polar surface area (TPSA) is 83.4 Å². The van der Waals surface area contributed by atoms with Crippen LogP contribution in [0.15, 0.2) is 29.8 Å². The minimum Gasteiger partial charge on any atom is -0.351 e. The monoisotopic (exact) mass is 494 g/mol. The molecule has 3 amide bonds. The first-order chi connectivity index (χ1) is 17.3. The van der Waals surface area contributed by atoms with Gasteiger partial charge in [0.05, 0.1) is 17.7 Å². The molecule has 2 N–H and O–H groups in total. The number of nitrogens with one attached hydrogen (secondary N) is 2. The Balaban J connectivity index is 1.58. The maximum atomic E-state index is 14.2. The van der Waals surface area contributed by atoms with Crippen LogP contribution in [-0.4, -0.2) is 45.3 Å². The highest BCUT2D eigenvalue weighted by Crippen LogP contribution is 2.39. The molecule has 0 bridgehead atoms. The second-order valence-corrected chi connectivity index (χ2v) is 10.7. The predicted molar refractivity (Wildman–Crippen MR) is 137 cm³/mol. The van der Waals surface area contributed by atoms with Crippen LogP contribution in [0, 0.1) is 5.82 Å². The second-order valence-electron chi connectivity index (χ2n) is 10.7. The standard InChI is InChI=1S/C28H35FN4O3/c1-18(34)30-24-22-16-20(29)12-13-23(22)32-17-28(2,27(36)31-21-10-6-7-11-21)33(26(35)25(24)32)15-14-19-8-4-3-5-9-19/h8,12-13,16,21H,3-7,9-11,14-15,17H2,1-2H3,(H,30,34)(H,31,36)/t28-/m1/s1. The van der Waals surface area contributed by atoms with Gasteiger partial charge in [0, 0.05) is 24.9 Å². The smallest absolute Gasteiger partial charge is 0.273 e. The van der Waals surface area contributed by atoms with Crippen molar-refractivity contribution in [3.63, 3.8) is 0 Å². The fraction of sp³-hybridized carbons (Fsp3) is 0.536. The fourth-order valence-corrected chi connectivity index (χ4v) is 6.10. The van der Waals surface area contributed by atoms with E-state index in [-0.39, 0.29) is 30.3 Å². The zero-order valence-corrected chi connectivity index (χ0v) is 21.2. The Morgan fingerprint density at radius 3 is 2.64 bits per heavy atom. The van der Waals surface area contributed by atoms with Gasteiger partial charge in [0.25, 0.3) is 5.91 Å². The zero-order chi connectivity index (χ0) is 25.4. The maximum Gasteiger partial charge on any atom is 0.273 e. The Bertz CT molecular complexity index is 1240. The molecule has 0 spiro atoms. The summed E-state index contributed by atoms with van der Waals surface area (Å²) in [5.74, 6) is -1.26. The summed E-state index contributed by atoms with van der Waals surface area (Å²) in [4.78, 5) is 41.7. The molecule has 5 rings (SSSR count). The summed E-state index contributed by atoms with van der Waals surface area (Å²) in [5.41, 5.74) is 1.44. The lowest BCUT2D eigenvalue weighted by Gasteiger charge is -2.45. The summed E-state index contributed by atoms with van der Waals surface area (Å²) in [6, 6.07) is 4.42. The van der Waals surface area contributed by atoms with E-state index in [4.69, 9.17) is 0 Å². The molecule has 36 heavy (non-hydrogen) atoms. The number of fused-ring (bicyclic) bond motifs is 3. The molecule has 2 heterocycles. The molecular formula is C28H35FN4O3. The molecule has 1 aromatic carbocycles. The number of anilines is 1. The number of aromatic nitrogens is 1. The van der Waals surface area contributed by atoms with Crippen molar-refractivity contribution in [1.29, 1.82) is 0 Å². The van der Waals surface area contributed by atoms with Crippen molar-refractivity contribution < 1.29 is 18.8 Å². The number of benzene rings is 1.